The van der Waals surface area contributed by atoms with Crippen molar-refractivity contribution < 1.29 is 5.11 Å². The van der Waals surface area contributed by atoms with Gasteiger partial charge in [-0.3, -0.25) is 0 Å². The average Bonchev–Trinajstić information content (AvgIpc) is 2.16. The fourth-order valence-corrected chi connectivity index (χ4v) is 1.02. The molecule has 0 saturated heterocycles. The first-order chi connectivity index (χ1) is 6.96. The summed E-state index contributed by atoms with van der Waals surface area (Å²) in [4.78, 5) is 11.8. The Kier molecular flexibility index (Phi) is 3.65. The second-order valence-electron chi connectivity index (χ2n) is 3.67. The van der Waals surface area contributed by atoms with Crippen molar-refractivity contribution in [1.82, 2.24) is 15.0 Å². The molecule has 7 heteroatoms. The third kappa shape index (κ3) is 3.49. The molecular formula is C8H14ClN5O. The summed E-state index contributed by atoms with van der Waals surface area (Å²) in [5, 5.41) is 14.9. The van der Waals surface area contributed by atoms with Gasteiger partial charge >= 0.3 is 0 Å². The summed E-state index contributed by atoms with van der Waals surface area (Å²) in [6.45, 7) is 3.61. The summed E-state index contributed by atoms with van der Waals surface area (Å²) >= 11 is 5.70. The van der Waals surface area contributed by atoms with Crippen molar-refractivity contribution in [2.45, 2.75) is 19.4 Å². The van der Waals surface area contributed by atoms with Gasteiger partial charge in [0.15, 0.2) is 0 Å². The average molecular weight is 232 g/mol. The van der Waals surface area contributed by atoms with Gasteiger partial charge in [0.25, 0.3) is 0 Å². The van der Waals surface area contributed by atoms with Crippen LogP contribution in [0.4, 0.5) is 11.9 Å². The van der Waals surface area contributed by atoms with Crippen molar-refractivity contribution in [3.63, 3.8) is 0 Å². The lowest BCUT2D eigenvalue weighted by Gasteiger charge is -2.23. The zero-order valence-corrected chi connectivity index (χ0v) is 9.63. The Morgan fingerprint density at radius 3 is 2.40 bits per heavy atom. The Morgan fingerprint density at radius 2 is 1.87 bits per heavy atom. The molecule has 1 aromatic rings. The number of halogens is 1. The number of aromatic nitrogens is 3. The van der Waals surface area contributed by atoms with E-state index in [2.05, 4.69) is 25.6 Å². The summed E-state index contributed by atoms with van der Waals surface area (Å²) in [6.07, 6.45) is 0. The lowest BCUT2D eigenvalue weighted by Crippen LogP contribution is -2.35. The van der Waals surface area contributed by atoms with E-state index in [1.807, 2.05) is 13.8 Å². The smallest absolute Gasteiger partial charge is 0.229 e. The highest BCUT2D eigenvalue weighted by Gasteiger charge is 2.17. The van der Waals surface area contributed by atoms with Gasteiger partial charge in [0, 0.05) is 7.05 Å². The fourth-order valence-electron chi connectivity index (χ4n) is 0.860. The number of nitrogens with zero attached hydrogens (tertiary/aromatic N) is 3. The van der Waals surface area contributed by atoms with Gasteiger partial charge in [0.1, 0.15) is 0 Å². The lowest BCUT2D eigenvalue weighted by molar-refractivity contribution is 0.233. The Hall–Kier alpha value is -1.14. The van der Waals surface area contributed by atoms with Crippen LogP contribution in [0.25, 0.3) is 0 Å². The van der Waals surface area contributed by atoms with E-state index in [1.54, 1.807) is 7.05 Å². The molecule has 0 fully saturated rings. The van der Waals surface area contributed by atoms with Gasteiger partial charge in [0.2, 0.25) is 17.2 Å². The molecule has 0 atom stereocenters. The highest BCUT2D eigenvalue weighted by atomic mass is 35.5. The van der Waals surface area contributed by atoms with Crippen LogP contribution in [0.1, 0.15) is 13.8 Å². The van der Waals surface area contributed by atoms with Crippen LogP contribution < -0.4 is 10.6 Å². The van der Waals surface area contributed by atoms with Crippen LogP contribution in [0.15, 0.2) is 0 Å². The van der Waals surface area contributed by atoms with E-state index in [4.69, 9.17) is 16.7 Å². The van der Waals surface area contributed by atoms with Gasteiger partial charge in [-0.15, -0.1) is 0 Å². The molecule has 1 aromatic heterocycles. The quantitative estimate of drug-likeness (QED) is 0.709. The van der Waals surface area contributed by atoms with Gasteiger partial charge in [-0.1, -0.05) is 0 Å². The standard InChI is InChI=1S/C8H14ClN5O/c1-8(2,4-15)14-7-12-5(9)11-6(10-3)13-7/h15H,4H2,1-3H3,(H2,10,11,12,13,14). The molecule has 1 heterocycles. The van der Waals surface area contributed by atoms with Crippen LogP contribution in [0.5, 0.6) is 0 Å². The zero-order chi connectivity index (χ0) is 11.5. The SMILES string of the molecule is CNc1nc(Cl)nc(NC(C)(C)CO)n1. The minimum atomic E-state index is -0.504. The Balaban J connectivity index is 2.90. The molecule has 84 valence electrons. The summed E-state index contributed by atoms with van der Waals surface area (Å²) in [5.74, 6) is 0.713. The number of aliphatic hydroxyl groups excluding tert-OH is 1. The van der Waals surface area contributed by atoms with Gasteiger partial charge in [0.05, 0.1) is 12.1 Å². The Labute approximate surface area is 93.1 Å². The molecule has 6 nitrogen and oxygen atoms in total. The first kappa shape index (κ1) is 11.9. The second kappa shape index (κ2) is 4.59. The summed E-state index contributed by atoms with van der Waals surface area (Å²) < 4.78 is 0. The first-order valence-corrected chi connectivity index (χ1v) is 4.83. The number of rotatable bonds is 4. The normalized spacial score (nSPS) is 11.3. The number of hydrogen-bond acceptors (Lipinski definition) is 6. The van der Waals surface area contributed by atoms with Crippen LogP contribution in [0.3, 0.4) is 0 Å². The molecule has 3 N–H and O–H groups in total. The molecule has 1 rings (SSSR count). The maximum atomic E-state index is 9.07. The molecular weight excluding hydrogens is 218 g/mol. The fraction of sp³-hybridized carbons (Fsp3) is 0.625. The van der Waals surface area contributed by atoms with Gasteiger partial charge in [-0.25, -0.2) is 0 Å². The van der Waals surface area contributed by atoms with E-state index in [0.29, 0.717) is 11.9 Å². The third-order valence-corrected chi connectivity index (χ3v) is 1.85. The minimum absolute atomic E-state index is 0.0365. The van der Waals surface area contributed by atoms with Crippen molar-refractivity contribution in [3.8, 4) is 0 Å². The molecule has 0 unspecified atom stereocenters. The van der Waals surface area contributed by atoms with Gasteiger partial charge in [-0.05, 0) is 25.4 Å². The molecule has 0 aliphatic carbocycles. The van der Waals surface area contributed by atoms with E-state index in [-0.39, 0.29) is 11.9 Å². The number of aliphatic hydroxyl groups is 1. The van der Waals surface area contributed by atoms with E-state index >= 15 is 0 Å². The first-order valence-electron chi connectivity index (χ1n) is 4.45. The molecule has 0 radical (unpaired) electrons. The van der Waals surface area contributed by atoms with Crippen LogP contribution in [-0.2, 0) is 0 Å². The third-order valence-electron chi connectivity index (χ3n) is 1.68. The van der Waals surface area contributed by atoms with Crippen LogP contribution >= 0.6 is 11.6 Å². The second-order valence-corrected chi connectivity index (χ2v) is 4.01. The van der Waals surface area contributed by atoms with Crippen molar-refractivity contribution in [1.29, 1.82) is 0 Å². The van der Waals surface area contributed by atoms with Crippen molar-refractivity contribution in [2.75, 3.05) is 24.3 Å². The lowest BCUT2D eigenvalue weighted by atomic mass is 10.1. The zero-order valence-electron chi connectivity index (χ0n) is 8.87. The highest BCUT2D eigenvalue weighted by Crippen LogP contribution is 2.13. The Morgan fingerprint density at radius 1 is 1.27 bits per heavy atom. The predicted molar refractivity (Wildman–Crippen MR) is 59.2 cm³/mol. The number of hydrogen-bond donors (Lipinski definition) is 3. The number of anilines is 2. The highest BCUT2D eigenvalue weighted by molar-refractivity contribution is 6.28. The predicted octanol–water partition coefficient (Wildman–Crippen LogP) is 0.749. The van der Waals surface area contributed by atoms with Crippen LogP contribution in [0.2, 0.25) is 5.28 Å². The molecule has 0 aromatic carbocycles. The molecule has 0 spiro atoms. The topological polar surface area (TPSA) is 83.0 Å². The summed E-state index contributed by atoms with van der Waals surface area (Å²) in [7, 11) is 1.69. The summed E-state index contributed by atoms with van der Waals surface area (Å²) in [6, 6.07) is 0. The van der Waals surface area contributed by atoms with Gasteiger partial charge < -0.3 is 15.7 Å². The van der Waals surface area contributed by atoms with E-state index in [1.165, 1.54) is 0 Å². The molecule has 0 saturated carbocycles. The largest absolute Gasteiger partial charge is 0.394 e. The van der Waals surface area contributed by atoms with E-state index in [9.17, 15) is 0 Å². The number of nitrogens with one attached hydrogen (secondary N) is 2. The molecule has 0 aliphatic heterocycles. The molecule has 0 amide bonds. The van der Waals surface area contributed by atoms with E-state index < -0.39 is 5.54 Å². The maximum absolute atomic E-state index is 9.07. The van der Waals surface area contributed by atoms with Crippen molar-refractivity contribution >= 4 is 23.5 Å². The van der Waals surface area contributed by atoms with Crippen LogP contribution in [-0.4, -0.2) is 39.3 Å². The monoisotopic (exact) mass is 231 g/mol. The minimum Gasteiger partial charge on any atom is -0.394 e. The van der Waals surface area contributed by atoms with Crippen molar-refractivity contribution in [3.05, 3.63) is 5.28 Å². The van der Waals surface area contributed by atoms with Gasteiger partial charge in [-0.2, -0.15) is 15.0 Å². The molecule has 0 aliphatic rings. The molecule has 15 heavy (non-hydrogen) atoms. The van der Waals surface area contributed by atoms with Crippen LogP contribution in [0, 0.1) is 0 Å². The maximum Gasteiger partial charge on any atom is 0.229 e. The molecule has 0 bridgehead atoms. The van der Waals surface area contributed by atoms with E-state index in [0.717, 1.165) is 0 Å². The Bertz CT molecular complexity index is 344. The van der Waals surface area contributed by atoms with Crippen molar-refractivity contribution in [2.24, 2.45) is 0 Å². The summed E-state index contributed by atoms with van der Waals surface area (Å²) in [5.41, 5.74) is -0.504.